The Morgan fingerprint density at radius 2 is 1.72 bits per heavy atom. The number of ether oxygens (including phenoxy) is 1. The zero-order valence-electron chi connectivity index (χ0n) is 15.6. The maximum absolute atomic E-state index is 13.9. The molecule has 2 unspecified atom stereocenters. The molecule has 0 saturated heterocycles. The zero-order valence-corrected chi connectivity index (χ0v) is 16.4. The molecule has 1 aromatic heterocycles. The maximum Gasteiger partial charge on any atom is 0.416 e. The molecule has 1 heterocycles. The van der Waals surface area contributed by atoms with Crippen LogP contribution in [0.25, 0.3) is 0 Å². The lowest BCUT2D eigenvalue weighted by Gasteiger charge is -2.28. The van der Waals surface area contributed by atoms with E-state index in [2.05, 4.69) is 10.1 Å². The van der Waals surface area contributed by atoms with Crippen molar-refractivity contribution >= 4 is 11.6 Å². The molecule has 2 atom stereocenters. The lowest BCUT2D eigenvalue weighted by molar-refractivity contribution is -0.138. The highest BCUT2D eigenvalue weighted by molar-refractivity contribution is 6.30. The molecule has 0 spiro atoms. The number of aromatic nitrogens is 3. The van der Waals surface area contributed by atoms with Crippen LogP contribution in [0.2, 0.25) is 5.02 Å². The maximum atomic E-state index is 13.9. The van der Waals surface area contributed by atoms with Gasteiger partial charge in [-0.05, 0) is 47.9 Å². The zero-order chi connectivity index (χ0) is 21.2. The summed E-state index contributed by atoms with van der Waals surface area (Å²) >= 11 is 5.82. The summed E-state index contributed by atoms with van der Waals surface area (Å²) in [5.74, 6) is 0.0559. The average molecular weight is 426 g/mol. The van der Waals surface area contributed by atoms with Crippen molar-refractivity contribution in [2.24, 2.45) is 5.92 Å². The second kappa shape index (κ2) is 8.42. The molecule has 5 nitrogen and oxygen atoms in total. The van der Waals surface area contributed by atoms with Crippen molar-refractivity contribution in [2.45, 2.75) is 32.2 Å². The highest BCUT2D eigenvalue weighted by atomic mass is 35.5. The molecule has 0 aliphatic rings. The van der Waals surface area contributed by atoms with Gasteiger partial charge in [0.2, 0.25) is 0 Å². The fraction of sp³-hybridized carbons (Fsp3) is 0.300. The summed E-state index contributed by atoms with van der Waals surface area (Å²) in [5, 5.41) is 15.1. The van der Waals surface area contributed by atoms with E-state index in [4.69, 9.17) is 16.3 Å². The van der Waals surface area contributed by atoms with Gasteiger partial charge in [-0.3, -0.25) is 0 Å². The highest BCUT2D eigenvalue weighted by Gasteiger charge is 2.39. The lowest BCUT2D eigenvalue weighted by Crippen LogP contribution is -2.32. The number of halogens is 4. The van der Waals surface area contributed by atoms with Crippen molar-refractivity contribution in [3.8, 4) is 11.5 Å². The molecule has 0 amide bonds. The second-order valence-electron chi connectivity index (χ2n) is 6.86. The first-order chi connectivity index (χ1) is 13.7. The molecule has 29 heavy (non-hydrogen) atoms. The summed E-state index contributed by atoms with van der Waals surface area (Å²) in [6, 6.07) is 8.86. The first kappa shape index (κ1) is 21.1. The lowest BCUT2D eigenvalue weighted by atomic mass is 9.90. The van der Waals surface area contributed by atoms with Gasteiger partial charge in [0.1, 0.15) is 30.2 Å². The first-order valence-corrected chi connectivity index (χ1v) is 9.21. The molecular formula is C20H19ClF3N3O2. The summed E-state index contributed by atoms with van der Waals surface area (Å²) in [7, 11) is 0. The third-order valence-electron chi connectivity index (χ3n) is 4.43. The van der Waals surface area contributed by atoms with Crippen molar-refractivity contribution in [3.05, 3.63) is 71.3 Å². The Hall–Kier alpha value is -2.58. The normalized spacial score (nSPS) is 14.1. The summed E-state index contributed by atoms with van der Waals surface area (Å²) < 4.78 is 48.4. The summed E-state index contributed by atoms with van der Waals surface area (Å²) in [6.45, 7) is 3.44. The minimum Gasteiger partial charge on any atom is -0.457 e. The van der Waals surface area contributed by atoms with Crippen LogP contribution >= 0.6 is 11.6 Å². The topological polar surface area (TPSA) is 60.2 Å². The number of rotatable bonds is 6. The average Bonchev–Trinajstić information content (AvgIpc) is 3.18. The largest absolute Gasteiger partial charge is 0.457 e. The Morgan fingerprint density at radius 1 is 1.07 bits per heavy atom. The molecule has 9 heteroatoms. The standard InChI is InChI=1S/C20H19ClF3N3O2/c1-12(2)19(28)18(27-11-25-10-26-27)16-8-7-15(9-17(16)20(22,23)24)29-14-5-3-13(21)4-6-14/h3-12,18-19,28H,1-2H3. The van der Waals surface area contributed by atoms with Crippen LogP contribution in [-0.4, -0.2) is 26.0 Å². The van der Waals surface area contributed by atoms with Gasteiger partial charge in [0.15, 0.2) is 0 Å². The molecule has 154 valence electrons. The van der Waals surface area contributed by atoms with E-state index in [0.29, 0.717) is 10.8 Å². The molecular weight excluding hydrogens is 407 g/mol. The van der Waals surface area contributed by atoms with Crippen LogP contribution in [0.4, 0.5) is 13.2 Å². The summed E-state index contributed by atoms with van der Waals surface area (Å²) in [5.41, 5.74) is -1.03. The monoisotopic (exact) mass is 425 g/mol. The molecule has 0 aliphatic heterocycles. The van der Waals surface area contributed by atoms with Crippen molar-refractivity contribution < 1.29 is 23.0 Å². The number of aliphatic hydroxyl groups is 1. The molecule has 0 radical (unpaired) electrons. The van der Waals surface area contributed by atoms with Gasteiger partial charge in [-0.2, -0.15) is 18.3 Å². The third-order valence-corrected chi connectivity index (χ3v) is 4.68. The Bertz CT molecular complexity index is 945. The van der Waals surface area contributed by atoms with Crippen LogP contribution < -0.4 is 4.74 Å². The Balaban J connectivity index is 2.06. The number of hydrogen-bond donors (Lipinski definition) is 1. The van der Waals surface area contributed by atoms with E-state index in [1.807, 2.05) is 0 Å². The minimum absolute atomic E-state index is 0.0137. The van der Waals surface area contributed by atoms with Crippen LogP contribution in [-0.2, 0) is 6.18 Å². The molecule has 1 N–H and O–H groups in total. The fourth-order valence-electron chi connectivity index (χ4n) is 2.95. The number of hydrogen-bond acceptors (Lipinski definition) is 4. The number of nitrogens with zero attached hydrogens (tertiary/aromatic N) is 3. The van der Waals surface area contributed by atoms with Crippen molar-refractivity contribution in [3.63, 3.8) is 0 Å². The molecule has 2 aromatic carbocycles. The van der Waals surface area contributed by atoms with Gasteiger partial charge in [-0.25, -0.2) is 9.67 Å². The van der Waals surface area contributed by atoms with Crippen LogP contribution in [0.15, 0.2) is 55.1 Å². The molecule has 0 aliphatic carbocycles. The van der Waals surface area contributed by atoms with Crippen LogP contribution in [0.5, 0.6) is 11.5 Å². The van der Waals surface area contributed by atoms with Gasteiger partial charge >= 0.3 is 6.18 Å². The molecule has 3 aromatic rings. The van der Waals surface area contributed by atoms with E-state index in [0.717, 1.165) is 6.07 Å². The molecule has 3 rings (SSSR count). The van der Waals surface area contributed by atoms with Gasteiger partial charge < -0.3 is 9.84 Å². The van der Waals surface area contributed by atoms with E-state index in [1.54, 1.807) is 38.1 Å². The number of alkyl halides is 3. The fourth-order valence-corrected chi connectivity index (χ4v) is 3.08. The summed E-state index contributed by atoms with van der Waals surface area (Å²) in [6.07, 6.45) is -3.27. The van der Waals surface area contributed by atoms with Crippen LogP contribution in [0, 0.1) is 5.92 Å². The number of aliphatic hydroxyl groups excluding tert-OH is 1. The highest BCUT2D eigenvalue weighted by Crippen LogP contribution is 2.40. The van der Waals surface area contributed by atoms with Crippen LogP contribution in [0.3, 0.4) is 0 Å². The smallest absolute Gasteiger partial charge is 0.416 e. The summed E-state index contributed by atoms with van der Waals surface area (Å²) in [4.78, 5) is 3.81. The molecule has 0 saturated carbocycles. The van der Waals surface area contributed by atoms with E-state index in [1.165, 1.54) is 29.5 Å². The van der Waals surface area contributed by atoms with Gasteiger partial charge in [0.05, 0.1) is 11.7 Å². The van der Waals surface area contributed by atoms with Gasteiger partial charge in [0.25, 0.3) is 0 Å². The van der Waals surface area contributed by atoms with Crippen LogP contribution in [0.1, 0.15) is 31.0 Å². The second-order valence-corrected chi connectivity index (χ2v) is 7.29. The Morgan fingerprint density at radius 3 is 2.28 bits per heavy atom. The van der Waals surface area contributed by atoms with E-state index in [-0.39, 0.29) is 17.2 Å². The number of benzene rings is 2. The predicted molar refractivity (Wildman–Crippen MR) is 102 cm³/mol. The molecule has 0 bridgehead atoms. The SMILES string of the molecule is CC(C)C(O)C(c1ccc(Oc2ccc(Cl)cc2)cc1C(F)(F)F)n1cncn1. The van der Waals surface area contributed by atoms with Crippen molar-refractivity contribution in [1.82, 2.24) is 14.8 Å². The van der Waals surface area contributed by atoms with E-state index in [9.17, 15) is 18.3 Å². The third kappa shape index (κ3) is 4.89. The predicted octanol–water partition coefficient (Wildman–Crippen LogP) is 5.35. The van der Waals surface area contributed by atoms with E-state index < -0.39 is 23.9 Å². The van der Waals surface area contributed by atoms with Gasteiger partial charge in [-0.15, -0.1) is 0 Å². The van der Waals surface area contributed by atoms with E-state index >= 15 is 0 Å². The van der Waals surface area contributed by atoms with Gasteiger partial charge in [-0.1, -0.05) is 31.5 Å². The quantitative estimate of drug-likeness (QED) is 0.578. The minimum atomic E-state index is -4.66. The first-order valence-electron chi connectivity index (χ1n) is 8.83. The van der Waals surface area contributed by atoms with Gasteiger partial charge in [0, 0.05) is 5.02 Å². The molecule has 0 fully saturated rings. The van der Waals surface area contributed by atoms with Crippen molar-refractivity contribution in [1.29, 1.82) is 0 Å². The van der Waals surface area contributed by atoms with Crippen molar-refractivity contribution in [2.75, 3.05) is 0 Å². The Kier molecular flexibility index (Phi) is 6.14. The Labute approximate surface area is 170 Å².